The van der Waals surface area contributed by atoms with Crippen molar-refractivity contribution in [2.24, 2.45) is 12.8 Å². The highest BCUT2D eigenvalue weighted by molar-refractivity contribution is 5.77. The maximum atomic E-state index is 11.4. The summed E-state index contributed by atoms with van der Waals surface area (Å²) in [6, 6.07) is 6.22. The quantitative estimate of drug-likeness (QED) is 0.841. The van der Waals surface area contributed by atoms with E-state index in [-0.39, 0.29) is 11.8 Å². The normalized spacial score (nSPS) is 23.7. The van der Waals surface area contributed by atoms with Crippen LogP contribution in [0.2, 0.25) is 0 Å². The summed E-state index contributed by atoms with van der Waals surface area (Å²) in [4.78, 5) is 11.4. The van der Waals surface area contributed by atoms with Crippen molar-refractivity contribution in [2.45, 2.75) is 31.3 Å². The second-order valence-electron chi connectivity index (χ2n) is 4.96. The first-order chi connectivity index (χ1) is 8.65. The minimum absolute atomic E-state index is 0.217. The molecule has 1 aromatic carbocycles. The maximum absolute atomic E-state index is 11.4. The van der Waals surface area contributed by atoms with E-state index in [2.05, 4.69) is 5.32 Å². The molecule has 3 N–H and O–H groups in total. The van der Waals surface area contributed by atoms with Gasteiger partial charge in [0.05, 0.1) is 5.52 Å². The van der Waals surface area contributed by atoms with Gasteiger partial charge in [-0.25, -0.2) is 4.79 Å². The van der Waals surface area contributed by atoms with Gasteiger partial charge >= 0.3 is 5.76 Å². The first kappa shape index (κ1) is 11.3. The molecule has 3 rings (SSSR count). The fourth-order valence-corrected chi connectivity index (χ4v) is 2.60. The van der Waals surface area contributed by atoms with Crippen LogP contribution in [0.1, 0.15) is 19.3 Å². The standard InChI is InChI=1S/C13H17N3O2/c1-16-11-7-8(5-6-12(11)18-13(16)17)15-10-4-2-3-9(10)14/h5-7,9-10,15H,2-4,14H2,1H3. The summed E-state index contributed by atoms with van der Waals surface area (Å²) in [5.74, 6) is -0.334. The minimum atomic E-state index is -0.334. The molecule has 0 spiro atoms. The van der Waals surface area contributed by atoms with Gasteiger partial charge in [-0.15, -0.1) is 0 Å². The number of nitrogens with two attached hydrogens (primary N) is 1. The summed E-state index contributed by atoms with van der Waals surface area (Å²) in [5, 5.41) is 3.44. The average molecular weight is 247 g/mol. The smallest absolute Gasteiger partial charge is 0.408 e. The zero-order chi connectivity index (χ0) is 12.7. The number of hydrogen-bond donors (Lipinski definition) is 2. The molecule has 0 saturated heterocycles. The molecule has 2 unspecified atom stereocenters. The molecule has 1 fully saturated rings. The molecule has 2 atom stereocenters. The molecule has 1 aromatic heterocycles. The molecule has 2 aromatic rings. The van der Waals surface area contributed by atoms with Crippen LogP contribution in [-0.2, 0) is 7.05 Å². The summed E-state index contributed by atoms with van der Waals surface area (Å²) >= 11 is 0. The Labute approximate surface area is 105 Å². The molecule has 0 bridgehead atoms. The minimum Gasteiger partial charge on any atom is -0.408 e. The van der Waals surface area contributed by atoms with Gasteiger partial charge in [0.15, 0.2) is 5.58 Å². The Kier molecular flexibility index (Phi) is 2.63. The molecule has 1 aliphatic carbocycles. The van der Waals surface area contributed by atoms with Crippen LogP contribution in [0.5, 0.6) is 0 Å². The fraction of sp³-hybridized carbons (Fsp3) is 0.462. The van der Waals surface area contributed by atoms with E-state index in [0.717, 1.165) is 24.0 Å². The zero-order valence-corrected chi connectivity index (χ0v) is 10.3. The summed E-state index contributed by atoms with van der Waals surface area (Å²) in [5.41, 5.74) is 8.44. The third-order valence-electron chi connectivity index (χ3n) is 3.71. The lowest BCUT2D eigenvalue weighted by molar-refractivity contribution is 0.528. The Morgan fingerprint density at radius 3 is 3.00 bits per heavy atom. The van der Waals surface area contributed by atoms with E-state index in [1.165, 1.54) is 11.0 Å². The molecule has 0 amide bonds. The van der Waals surface area contributed by atoms with Gasteiger partial charge in [0.1, 0.15) is 0 Å². The fourth-order valence-electron chi connectivity index (χ4n) is 2.60. The molecule has 1 aliphatic rings. The Bertz CT molecular complexity index is 629. The highest BCUT2D eigenvalue weighted by atomic mass is 16.4. The van der Waals surface area contributed by atoms with Gasteiger partial charge < -0.3 is 15.5 Å². The number of aromatic nitrogens is 1. The van der Waals surface area contributed by atoms with Crippen molar-refractivity contribution < 1.29 is 4.42 Å². The van der Waals surface area contributed by atoms with E-state index in [9.17, 15) is 4.79 Å². The lowest BCUT2D eigenvalue weighted by Crippen LogP contribution is -2.35. The molecule has 1 heterocycles. The number of fused-ring (bicyclic) bond motifs is 1. The lowest BCUT2D eigenvalue weighted by atomic mass is 10.1. The lowest BCUT2D eigenvalue weighted by Gasteiger charge is -2.18. The van der Waals surface area contributed by atoms with Crippen molar-refractivity contribution in [3.05, 3.63) is 28.7 Å². The molecule has 0 radical (unpaired) electrons. The number of anilines is 1. The molecule has 96 valence electrons. The van der Waals surface area contributed by atoms with E-state index in [4.69, 9.17) is 10.2 Å². The number of nitrogens with zero attached hydrogens (tertiary/aromatic N) is 1. The summed E-state index contributed by atoms with van der Waals surface area (Å²) < 4.78 is 6.61. The van der Waals surface area contributed by atoms with E-state index < -0.39 is 0 Å². The highest BCUT2D eigenvalue weighted by Crippen LogP contribution is 2.24. The van der Waals surface area contributed by atoms with E-state index in [0.29, 0.717) is 11.6 Å². The van der Waals surface area contributed by atoms with Crippen LogP contribution in [0.15, 0.2) is 27.4 Å². The second kappa shape index (κ2) is 4.17. The van der Waals surface area contributed by atoms with Crippen molar-refractivity contribution in [2.75, 3.05) is 5.32 Å². The summed E-state index contributed by atoms with van der Waals surface area (Å²) in [7, 11) is 1.71. The highest BCUT2D eigenvalue weighted by Gasteiger charge is 2.23. The predicted molar refractivity (Wildman–Crippen MR) is 70.7 cm³/mol. The number of nitrogens with one attached hydrogen (secondary N) is 1. The Morgan fingerprint density at radius 1 is 1.44 bits per heavy atom. The number of hydrogen-bond acceptors (Lipinski definition) is 4. The van der Waals surface area contributed by atoms with Gasteiger partial charge in [0.2, 0.25) is 0 Å². The van der Waals surface area contributed by atoms with Gasteiger partial charge in [0, 0.05) is 24.8 Å². The molecule has 0 aliphatic heterocycles. The van der Waals surface area contributed by atoms with Crippen molar-refractivity contribution in [3.63, 3.8) is 0 Å². The number of benzene rings is 1. The Morgan fingerprint density at radius 2 is 2.28 bits per heavy atom. The van der Waals surface area contributed by atoms with Gasteiger partial charge in [-0.1, -0.05) is 0 Å². The van der Waals surface area contributed by atoms with Crippen LogP contribution >= 0.6 is 0 Å². The van der Waals surface area contributed by atoms with Crippen LogP contribution in [-0.4, -0.2) is 16.7 Å². The number of aryl methyl sites for hydroxylation is 1. The van der Waals surface area contributed by atoms with Crippen molar-refractivity contribution >= 4 is 16.8 Å². The molecule has 18 heavy (non-hydrogen) atoms. The SMILES string of the molecule is Cn1c(=O)oc2ccc(NC3CCCC3N)cc21. The molecule has 1 saturated carbocycles. The third-order valence-corrected chi connectivity index (χ3v) is 3.71. The topological polar surface area (TPSA) is 73.2 Å². The summed E-state index contributed by atoms with van der Waals surface area (Å²) in [6.45, 7) is 0. The van der Waals surface area contributed by atoms with E-state index in [1.54, 1.807) is 7.05 Å². The van der Waals surface area contributed by atoms with Crippen LogP contribution in [0.4, 0.5) is 5.69 Å². The Balaban J connectivity index is 1.93. The van der Waals surface area contributed by atoms with Crippen LogP contribution in [0.3, 0.4) is 0 Å². The van der Waals surface area contributed by atoms with E-state index in [1.807, 2.05) is 18.2 Å². The van der Waals surface area contributed by atoms with Crippen LogP contribution in [0.25, 0.3) is 11.1 Å². The molecule has 5 nitrogen and oxygen atoms in total. The summed E-state index contributed by atoms with van der Waals surface area (Å²) in [6.07, 6.45) is 3.35. The van der Waals surface area contributed by atoms with Crippen LogP contribution < -0.4 is 16.8 Å². The first-order valence-corrected chi connectivity index (χ1v) is 6.27. The van der Waals surface area contributed by atoms with Gasteiger partial charge in [0.25, 0.3) is 0 Å². The first-order valence-electron chi connectivity index (χ1n) is 6.27. The largest absolute Gasteiger partial charge is 0.419 e. The van der Waals surface area contributed by atoms with Crippen molar-refractivity contribution in [1.29, 1.82) is 0 Å². The monoisotopic (exact) mass is 247 g/mol. The zero-order valence-electron chi connectivity index (χ0n) is 10.3. The van der Waals surface area contributed by atoms with Gasteiger partial charge in [-0.2, -0.15) is 0 Å². The predicted octanol–water partition coefficient (Wildman–Crippen LogP) is 1.42. The maximum Gasteiger partial charge on any atom is 0.419 e. The molecular formula is C13H17N3O2. The second-order valence-corrected chi connectivity index (χ2v) is 4.96. The van der Waals surface area contributed by atoms with Crippen molar-refractivity contribution in [1.82, 2.24) is 4.57 Å². The van der Waals surface area contributed by atoms with Gasteiger partial charge in [-0.3, -0.25) is 4.57 Å². The van der Waals surface area contributed by atoms with Crippen molar-refractivity contribution in [3.8, 4) is 0 Å². The average Bonchev–Trinajstić information content (AvgIpc) is 2.87. The molecular weight excluding hydrogens is 230 g/mol. The third kappa shape index (κ3) is 1.80. The number of oxazole rings is 1. The molecule has 5 heteroatoms. The van der Waals surface area contributed by atoms with E-state index >= 15 is 0 Å². The number of rotatable bonds is 2. The van der Waals surface area contributed by atoms with Crippen LogP contribution in [0, 0.1) is 0 Å². The van der Waals surface area contributed by atoms with Gasteiger partial charge in [-0.05, 0) is 37.5 Å². The Hall–Kier alpha value is -1.75.